The van der Waals surface area contributed by atoms with Crippen molar-refractivity contribution in [1.29, 1.82) is 0 Å². The summed E-state index contributed by atoms with van der Waals surface area (Å²) >= 11 is 0. The van der Waals surface area contributed by atoms with E-state index in [9.17, 15) is 4.79 Å². The summed E-state index contributed by atoms with van der Waals surface area (Å²) in [6, 6.07) is 9.91. The number of aromatic nitrogens is 1. The van der Waals surface area contributed by atoms with Gasteiger partial charge in [0.2, 0.25) is 0 Å². The van der Waals surface area contributed by atoms with E-state index in [0.29, 0.717) is 6.54 Å². The molecule has 0 fully saturated rings. The minimum Gasteiger partial charge on any atom is -0.337 e. The summed E-state index contributed by atoms with van der Waals surface area (Å²) in [5.41, 5.74) is 4.43. The van der Waals surface area contributed by atoms with Crippen molar-refractivity contribution in [2.24, 2.45) is 0 Å². The van der Waals surface area contributed by atoms with Gasteiger partial charge in [-0.05, 0) is 53.9 Å². The molecule has 2 heterocycles. The first-order valence-electron chi connectivity index (χ1n) is 7.21. The van der Waals surface area contributed by atoms with Crippen LogP contribution in [0.1, 0.15) is 27.0 Å². The molecule has 21 heavy (non-hydrogen) atoms. The molecule has 1 aliphatic heterocycles. The van der Waals surface area contributed by atoms with E-state index in [1.807, 2.05) is 31.3 Å². The summed E-state index contributed by atoms with van der Waals surface area (Å²) in [4.78, 5) is 18.3. The van der Waals surface area contributed by atoms with Crippen molar-refractivity contribution in [2.45, 2.75) is 19.5 Å². The van der Waals surface area contributed by atoms with Gasteiger partial charge in [0, 0.05) is 38.1 Å². The summed E-state index contributed by atoms with van der Waals surface area (Å²) in [5, 5.41) is 3.34. The first kappa shape index (κ1) is 13.8. The maximum Gasteiger partial charge on any atom is 0.253 e. The molecule has 108 valence electrons. The van der Waals surface area contributed by atoms with E-state index < -0.39 is 0 Å². The van der Waals surface area contributed by atoms with Crippen molar-refractivity contribution in [1.82, 2.24) is 15.2 Å². The molecule has 0 spiro atoms. The van der Waals surface area contributed by atoms with Crippen LogP contribution in [0.25, 0.3) is 0 Å². The van der Waals surface area contributed by atoms with Gasteiger partial charge >= 0.3 is 0 Å². The minimum absolute atomic E-state index is 0.0557. The van der Waals surface area contributed by atoms with E-state index >= 15 is 0 Å². The fourth-order valence-corrected chi connectivity index (χ4v) is 2.67. The van der Waals surface area contributed by atoms with Crippen LogP contribution in [0.4, 0.5) is 0 Å². The zero-order valence-corrected chi connectivity index (χ0v) is 12.2. The van der Waals surface area contributed by atoms with Crippen LogP contribution in [-0.2, 0) is 19.5 Å². The lowest BCUT2D eigenvalue weighted by atomic mass is 9.98. The van der Waals surface area contributed by atoms with Crippen LogP contribution in [0.3, 0.4) is 0 Å². The number of hydrogen-bond donors (Lipinski definition) is 1. The Morgan fingerprint density at radius 1 is 1.24 bits per heavy atom. The van der Waals surface area contributed by atoms with Gasteiger partial charge < -0.3 is 10.2 Å². The molecule has 1 aromatic carbocycles. The van der Waals surface area contributed by atoms with Crippen LogP contribution < -0.4 is 5.32 Å². The van der Waals surface area contributed by atoms with Gasteiger partial charge in [-0.2, -0.15) is 0 Å². The monoisotopic (exact) mass is 281 g/mol. The number of fused-ring (bicyclic) bond motifs is 1. The Labute approximate surface area is 124 Å². The van der Waals surface area contributed by atoms with Crippen LogP contribution in [0.5, 0.6) is 0 Å². The third-order valence-electron chi connectivity index (χ3n) is 3.86. The van der Waals surface area contributed by atoms with Gasteiger partial charge in [-0.25, -0.2) is 0 Å². The summed E-state index contributed by atoms with van der Waals surface area (Å²) < 4.78 is 0. The molecule has 1 aromatic heterocycles. The average molecular weight is 281 g/mol. The molecule has 0 aliphatic carbocycles. The van der Waals surface area contributed by atoms with Crippen molar-refractivity contribution in [3.63, 3.8) is 0 Å². The van der Waals surface area contributed by atoms with Crippen molar-refractivity contribution in [3.8, 4) is 0 Å². The fraction of sp³-hybridized carbons (Fsp3) is 0.294. The van der Waals surface area contributed by atoms with Gasteiger partial charge in [-0.1, -0.05) is 6.07 Å². The number of amides is 1. The normalized spacial score (nSPS) is 13.6. The molecule has 1 amide bonds. The Hall–Kier alpha value is -2.20. The van der Waals surface area contributed by atoms with E-state index in [-0.39, 0.29) is 5.91 Å². The highest BCUT2D eigenvalue weighted by Gasteiger charge is 2.15. The van der Waals surface area contributed by atoms with E-state index in [1.54, 1.807) is 17.3 Å². The summed E-state index contributed by atoms with van der Waals surface area (Å²) in [5.74, 6) is 0.0557. The lowest BCUT2D eigenvalue weighted by molar-refractivity contribution is 0.0785. The van der Waals surface area contributed by atoms with E-state index in [1.165, 1.54) is 11.1 Å². The van der Waals surface area contributed by atoms with E-state index in [2.05, 4.69) is 16.4 Å². The van der Waals surface area contributed by atoms with Gasteiger partial charge in [0.25, 0.3) is 5.91 Å². The standard InChI is InChI=1S/C17H19N3O/c1-20(12-13-4-7-18-8-5-13)17(21)15-3-2-14-6-9-19-11-16(14)10-15/h2-5,7-8,10,19H,6,9,11-12H2,1H3. The Balaban J connectivity index is 1.75. The number of nitrogens with one attached hydrogen (secondary N) is 1. The summed E-state index contributed by atoms with van der Waals surface area (Å²) in [6.45, 7) is 2.46. The average Bonchev–Trinajstić information content (AvgIpc) is 2.54. The van der Waals surface area contributed by atoms with Crippen molar-refractivity contribution in [3.05, 3.63) is 65.0 Å². The minimum atomic E-state index is 0.0557. The molecule has 0 saturated heterocycles. The summed E-state index contributed by atoms with van der Waals surface area (Å²) in [7, 11) is 1.83. The van der Waals surface area contributed by atoms with Crippen molar-refractivity contribution < 1.29 is 4.79 Å². The Morgan fingerprint density at radius 3 is 2.86 bits per heavy atom. The Morgan fingerprint density at radius 2 is 2.05 bits per heavy atom. The second kappa shape index (κ2) is 6.06. The molecule has 0 saturated carbocycles. The molecular weight excluding hydrogens is 262 g/mol. The third-order valence-corrected chi connectivity index (χ3v) is 3.86. The Bertz CT molecular complexity index is 640. The van der Waals surface area contributed by atoms with Crippen LogP contribution in [0.2, 0.25) is 0 Å². The highest BCUT2D eigenvalue weighted by Crippen LogP contribution is 2.17. The highest BCUT2D eigenvalue weighted by atomic mass is 16.2. The van der Waals surface area contributed by atoms with Crippen molar-refractivity contribution in [2.75, 3.05) is 13.6 Å². The van der Waals surface area contributed by atoms with Gasteiger partial charge in [0.1, 0.15) is 0 Å². The number of carbonyl (C=O) groups is 1. The van der Waals surface area contributed by atoms with Gasteiger partial charge in [0.05, 0.1) is 0 Å². The predicted octanol–water partition coefficient (Wildman–Crippen LogP) is 2.00. The summed E-state index contributed by atoms with van der Waals surface area (Å²) in [6.07, 6.45) is 4.53. The zero-order chi connectivity index (χ0) is 14.7. The number of pyridine rings is 1. The fourth-order valence-electron chi connectivity index (χ4n) is 2.67. The molecule has 4 heteroatoms. The predicted molar refractivity (Wildman–Crippen MR) is 81.9 cm³/mol. The second-order valence-corrected chi connectivity index (χ2v) is 5.43. The lowest BCUT2D eigenvalue weighted by Crippen LogP contribution is -2.28. The molecular formula is C17H19N3O. The number of rotatable bonds is 3. The van der Waals surface area contributed by atoms with Crippen LogP contribution >= 0.6 is 0 Å². The maximum absolute atomic E-state index is 12.5. The van der Waals surface area contributed by atoms with Gasteiger partial charge in [0.15, 0.2) is 0 Å². The molecule has 1 aliphatic rings. The second-order valence-electron chi connectivity index (χ2n) is 5.43. The molecule has 0 atom stereocenters. The topological polar surface area (TPSA) is 45.2 Å². The lowest BCUT2D eigenvalue weighted by Gasteiger charge is -2.20. The van der Waals surface area contributed by atoms with E-state index in [4.69, 9.17) is 0 Å². The molecule has 3 rings (SSSR count). The smallest absolute Gasteiger partial charge is 0.253 e. The van der Waals surface area contributed by atoms with E-state index in [0.717, 1.165) is 30.6 Å². The third kappa shape index (κ3) is 3.11. The molecule has 0 radical (unpaired) electrons. The maximum atomic E-state index is 12.5. The molecule has 0 unspecified atom stereocenters. The first-order valence-corrected chi connectivity index (χ1v) is 7.21. The van der Waals surface area contributed by atoms with Crippen LogP contribution in [0, 0.1) is 0 Å². The highest BCUT2D eigenvalue weighted by molar-refractivity contribution is 5.94. The molecule has 1 N–H and O–H groups in total. The van der Waals surface area contributed by atoms with Gasteiger partial charge in [-0.3, -0.25) is 9.78 Å². The SMILES string of the molecule is CN(Cc1ccncc1)C(=O)c1ccc2c(c1)CNCC2. The number of benzene rings is 1. The number of hydrogen-bond acceptors (Lipinski definition) is 3. The number of carbonyl (C=O) groups excluding carboxylic acids is 1. The largest absolute Gasteiger partial charge is 0.337 e. The van der Waals surface area contributed by atoms with Crippen LogP contribution in [-0.4, -0.2) is 29.4 Å². The van der Waals surface area contributed by atoms with Crippen LogP contribution in [0.15, 0.2) is 42.7 Å². The van der Waals surface area contributed by atoms with Crippen molar-refractivity contribution >= 4 is 5.91 Å². The first-order chi connectivity index (χ1) is 10.2. The molecule has 2 aromatic rings. The zero-order valence-electron chi connectivity index (χ0n) is 12.2. The molecule has 4 nitrogen and oxygen atoms in total. The molecule has 0 bridgehead atoms. The quantitative estimate of drug-likeness (QED) is 0.936. The number of nitrogens with zero attached hydrogens (tertiary/aromatic N) is 2. The van der Waals surface area contributed by atoms with Gasteiger partial charge in [-0.15, -0.1) is 0 Å². The Kier molecular flexibility index (Phi) is 3.97.